The molecule has 1 saturated carbocycles. The zero-order chi connectivity index (χ0) is 17.8. The van der Waals surface area contributed by atoms with Gasteiger partial charge < -0.3 is 10.2 Å². The van der Waals surface area contributed by atoms with Crippen LogP contribution < -0.4 is 5.32 Å². The Labute approximate surface area is 153 Å². The van der Waals surface area contributed by atoms with Gasteiger partial charge in [-0.25, -0.2) is 0 Å². The van der Waals surface area contributed by atoms with E-state index < -0.39 is 0 Å². The smallest absolute Gasteiger partial charge is 0.0409 e. The van der Waals surface area contributed by atoms with Crippen LogP contribution in [0, 0.1) is 12.8 Å². The van der Waals surface area contributed by atoms with Crippen molar-refractivity contribution in [1.82, 2.24) is 4.90 Å². The topological polar surface area (TPSA) is 15.3 Å². The molecule has 134 valence electrons. The molecule has 1 saturated heterocycles. The molecule has 1 aromatic rings. The Morgan fingerprint density at radius 2 is 1.92 bits per heavy atom. The first-order valence-corrected chi connectivity index (χ1v) is 9.72. The molecule has 2 heteroatoms. The number of rotatable bonds is 4. The first-order chi connectivity index (χ1) is 12.1. The van der Waals surface area contributed by atoms with E-state index in [4.69, 9.17) is 0 Å². The normalized spacial score (nSPS) is 22.4. The van der Waals surface area contributed by atoms with Crippen molar-refractivity contribution in [3.63, 3.8) is 0 Å². The van der Waals surface area contributed by atoms with Crippen LogP contribution in [0.1, 0.15) is 51.5 Å². The number of hydrogen-bond donors (Lipinski definition) is 1. The van der Waals surface area contributed by atoms with E-state index >= 15 is 0 Å². The van der Waals surface area contributed by atoms with Crippen molar-refractivity contribution in [2.24, 2.45) is 5.92 Å². The average Bonchev–Trinajstić information content (AvgIpc) is 3.09. The molecule has 2 nitrogen and oxygen atoms in total. The Kier molecular flexibility index (Phi) is 5.67. The predicted octanol–water partition coefficient (Wildman–Crippen LogP) is 6.04. The Hall–Kier alpha value is -1.96. The molecule has 0 unspecified atom stereocenters. The number of allylic oxidation sites excluding steroid dienone is 3. The predicted molar refractivity (Wildman–Crippen MR) is 109 cm³/mol. The van der Waals surface area contributed by atoms with Gasteiger partial charge in [0.2, 0.25) is 0 Å². The molecule has 0 amide bonds. The minimum absolute atomic E-state index is 0.859. The molecule has 0 bridgehead atoms. The summed E-state index contributed by atoms with van der Waals surface area (Å²) < 4.78 is 0. The summed E-state index contributed by atoms with van der Waals surface area (Å²) in [6.07, 6.45) is 8.39. The molecule has 0 atom stereocenters. The van der Waals surface area contributed by atoms with Crippen molar-refractivity contribution in [2.45, 2.75) is 52.9 Å². The van der Waals surface area contributed by atoms with Gasteiger partial charge >= 0.3 is 0 Å². The molecule has 2 fully saturated rings. The van der Waals surface area contributed by atoms with Gasteiger partial charge in [-0.3, -0.25) is 0 Å². The number of hydrogen-bond acceptors (Lipinski definition) is 2. The standard InChI is InChI=1S/C23H32N2/c1-17-12-14-25(15-13-17)20(4)19(3)22-10-7-9-21(22)16-24-23-11-6-5-8-18(23)2/h5-6,8,11,16-17,24H,4,7,9-10,12-15H2,1-3H3/b21-16-,22-19-. The first kappa shape index (κ1) is 17.8. The maximum absolute atomic E-state index is 4.44. The fraction of sp³-hybridized carbons (Fsp3) is 0.478. The molecule has 2 aliphatic rings. The fourth-order valence-electron chi connectivity index (χ4n) is 3.94. The zero-order valence-corrected chi connectivity index (χ0v) is 16.1. The monoisotopic (exact) mass is 336 g/mol. The second-order valence-electron chi connectivity index (χ2n) is 7.70. The largest absolute Gasteiger partial charge is 0.372 e. The van der Waals surface area contributed by atoms with Crippen LogP contribution in [0.25, 0.3) is 0 Å². The van der Waals surface area contributed by atoms with Gasteiger partial charge in [-0.1, -0.05) is 31.7 Å². The number of nitrogens with zero attached hydrogens (tertiary/aromatic N) is 1. The van der Waals surface area contributed by atoms with Crippen molar-refractivity contribution in [2.75, 3.05) is 18.4 Å². The summed E-state index contributed by atoms with van der Waals surface area (Å²) in [5.74, 6) is 0.859. The lowest BCUT2D eigenvalue weighted by Gasteiger charge is -2.34. The number of aryl methyl sites for hydroxylation is 1. The van der Waals surface area contributed by atoms with Crippen LogP contribution in [-0.2, 0) is 0 Å². The molecule has 0 radical (unpaired) electrons. The number of benzene rings is 1. The highest BCUT2D eigenvalue weighted by Gasteiger charge is 2.22. The minimum Gasteiger partial charge on any atom is -0.372 e. The molecule has 1 N–H and O–H groups in total. The highest BCUT2D eigenvalue weighted by Crippen LogP contribution is 2.36. The van der Waals surface area contributed by atoms with Crippen LogP contribution in [0.4, 0.5) is 5.69 Å². The molecule has 0 spiro atoms. The molecule has 1 aliphatic carbocycles. The number of anilines is 1. The number of para-hydroxylation sites is 1. The van der Waals surface area contributed by atoms with E-state index in [2.05, 4.69) is 68.0 Å². The molecule has 1 aliphatic heterocycles. The van der Waals surface area contributed by atoms with E-state index in [-0.39, 0.29) is 0 Å². The second kappa shape index (κ2) is 7.95. The van der Waals surface area contributed by atoms with Crippen molar-refractivity contribution in [3.05, 3.63) is 65.0 Å². The zero-order valence-electron chi connectivity index (χ0n) is 16.1. The van der Waals surface area contributed by atoms with Gasteiger partial charge in [-0.2, -0.15) is 0 Å². The Balaban J connectivity index is 1.75. The van der Waals surface area contributed by atoms with E-state index in [0.717, 1.165) is 25.4 Å². The van der Waals surface area contributed by atoms with E-state index in [0.29, 0.717) is 0 Å². The third-order valence-electron chi connectivity index (χ3n) is 5.86. The average molecular weight is 337 g/mol. The van der Waals surface area contributed by atoms with Crippen LogP contribution >= 0.6 is 0 Å². The van der Waals surface area contributed by atoms with E-state index in [9.17, 15) is 0 Å². The number of likely N-dealkylation sites (tertiary alicyclic amines) is 1. The lowest BCUT2D eigenvalue weighted by molar-refractivity contribution is 0.241. The highest BCUT2D eigenvalue weighted by molar-refractivity contribution is 5.54. The van der Waals surface area contributed by atoms with Crippen molar-refractivity contribution >= 4 is 5.69 Å². The molecule has 3 rings (SSSR count). The highest BCUT2D eigenvalue weighted by atomic mass is 15.1. The van der Waals surface area contributed by atoms with Gasteiger partial charge in [0.25, 0.3) is 0 Å². The molecule has 0 aromatic heterocycles. The van der Waals surface area contributed by atoms with Gasteiger partial charge in [0.15, 0.2) is 0 Å². The van der Waals surface area contributed by atoms with Crippen molar-refractivity contribution in [1.29, 1.82) is 0 Å². The molecule has 1 heterocycles. The quantitative estimate of drug-likeness (QED) is 0.721. The summed E-state index contributed by atoms with van der Waals surface area (Å²) in [5.41, 5.74) is 8.07. The number of nitrogens with one attached hydrogen (secondary N) is 1. The maximum Gasteiger partial charge on any atom is 0.0409 e. The van der Waals surface area contributed by atoms with Crippen LogP contribution in [0.3, 0.4) is 0 Å². The van der Waals surface area contributed by atoms with Crippen LogP contribution in [0.5, 0.6) is 0 Å². The van der Waals surface area contributed by atoms with E-state index in [1.54, 1.807) is 0 Å². The van der Waals surface area contributed by atoms with Crippen LogP contribution in [-0.4, -0.2) is 18.0 Å². The summed E-state index contributed by atoms with van der Waals surface area (Å²) in [4.78, 5) is 2.49. The molecule has 1 aromatic carbocycles. The van der Waals surface area contributed by atoms with Crippen LogP contribution in [0.15, 0.2) is 59.5 Å². The molecular formula is C23H32N2. The first-order valence-electron chi connectivity index (χ1n) is 9.72. The minimum atomic E-state index is 0.859. The number of piperidine rings is 1. The lowest BCUT2D eigenvalue weighted by Crippen LogP contribution is -2.32. The van der Waals surface area contributed by atoms with E-state index in [1.165, 1.54) is 59.4 Å². The van der Waals surface area contributed by atoms with E-state index in [1.807, 2.05) is 0 Å². The van der Waals surface area contributed by atoms with Gasteiger partial charge in [-0.15, -0.1) is 0 Å². The van der Waals surface area contributed by atoms with Crippen LogP contribution in [0.2, 0.25) is 0 Å². The third-order valence-corrected chi connectivity index (χ3v) is 5.86. The Bertz CT molecular complexity index is 688. The summed E-state index contributed by atoms with van der Waals surface area (Å²) in [6, 6.07) is 8.47. The molecule has 25 heavy (non-hydrogen) atoms. The van der Waals surface area contributed by atoms with Gasteiger partial charge in [0, 0.05) is 30.7 Å². The summed E-state index contributed by atoms with van der Waals surface area (Å²) in [5, 5.41) is 3.52. The Morgan fingerprint density at radius 1 is 1.20 bits per heavy atom. The Morgan fingerprint density at radius 3 is 2.64 bits per heavy atom. The fourth-order valence-corrected chi connectivity index (χ4v) is 3.94. The van der Waals surface area contributed by atoms with Crippen molar-refractivity contribution < 1.29 is 0 Å². The second-order valence-corrected chi connectivity index (χ2v) is 7.70. The maximum atomic E-state index is 4.44. The van der Waals surface area contributed by atoms with Gasteiger partial charge in [-0.05, 0) is 80.2 Å². The summed E-state index contributed by atoms with van der Waals surface area (Å²) >= 11 is 0. The molecular weight excluding hydrogens is 304 g/mol. The lowest BCUT2D eigenvalue weighted by atomic mass is 9.96. The summed E-state index contributed by atoms with van der Waals surface area (Å²) in [6.45, 7) is 13.5. The van der Waals surface area contributed by atoms with Gasteiger partial charge in [0.05, 0.1) is 0 Å². The third kappa shape index (κ3) is 4.18. The summed E-state index contributed by atoms with van der Waals surface area (Å²) in [7, 11) is 0. The van der Waals surface area contributed by atoms with Crippen molar-refractivity contribution in [3.8, 4) is 0 Å². The van der Waals surface area contributed by atoms with Gasteiger partial charge in [0.1, 0.15) is 0 Å². The SMILES string of the molecule is C=C(/C(C)=C1/CCC/C1=C/Nc1ccccc1C)N1CCC(C)CC1.